The van der Waals surface area contributed by atoms with Gasteiger partial charge in [-0.15, -0.1) is 12.4 Å². The summed E-state index contributed by atoms with van der Waals surface area (Å²) in [6.07, 6.45) is 3.16. The van der Waals surface area contributed by atoms with Gasteiger partial charge in [0, 0.05) is 43.4 Å². The molecule has 0 unspecified atom stereocenters. The van der Waals surface area contributed by atoms with Gasteiger partial charge >= 0.3 is 0 Å². The molecule has 0 aliphatic rings. The molecule has 0 aliphatic heterocycles. The number of H-pyrrole nitrogens is 1. The Balaban J connectivity index is 0.00000192. The molecule has 0 spiro atoms. The highest BCUT2D eigenvalue weighted by molar-refractivity contribution is 5.85. The Labute approximate surface area is 144 Å². The number of fused-ring (bicyclic) bond motifs is 1. The highest BCUT2D eigenvalue weighted by Crippen LogP contribution is 2.17. The van der Waals surface area contributed by atoms with Crippen LogP contribution in [0.4, 0.5) is 5.69 Å². The summed E-state index contributed by atoms with van der Waals surface area (Å²) in [5.74, 6) is 0. The summed E-state index contributed by atoms with van der Waals surface area (Å²) in [6, 6.07) is 17.2. The summed E-state index contributed by atoms with van der Waals surface area (Å²) in [5, 5.41) is 4.86. The van der Waals surface area contributed by atoms with E-state index in [9.17, 15) is 0 Å². The number of nitrogens with zero attached hydrogens (tertiary/aromatic N) is 1. The van der Waals surface area contributed by atoms with Crippen molar-refractivity contribution in [1.82, 2.24) is 10.3 Å². The molecule has 3 rings (SSSR count). The van der Waals surface area contributed by atoms with Crippen molar-refractivity contribution in [2.75, 3.05) is 25.5 Å². The van der Waals surface area contributed by atoms with Crippen molar-refractivity contribution in [2.24, 2.45) is 0 Å². The number of hydrogen-bond donors (Lipinski definition) is 2. The van der Waals surface area contributed by atoms with E-state index in [1.807, 2.05) is 0 Å². The summed E-state index contributed by atoms with van der Waals surface area (Å²) in [6.45, 7) is 1.90. The zero-order chi connectivity index (χ0) is 15.4. The Bertz CT molecular complexity index is 732. The topological polar surface area (TPSA) is 31.1 Å². The first-order valence-electron chi connectivity index (χ1n) is 7.76. The molecule has 0 saturated heterocycles. The molecule has 0 aliphatic carbocycles. The molecule has 4 heteroatoms. The number of anilines is 1. The Morgan fingerprint density at radius 1 is 1.00 bits per heavy atom. The van der Waals surface area contributed by atoms with Crippen LogP contribution in [-0.4, -0.2) is 25.6 Å². The number of nitrogens with one attached hydrogen (secondary N) is 2. The molecule has 0 amide bonds. The lowest BCUT2D eigenvalue weighted by Crippen LogP contribution is -2.16. The van der Waals surface area contributed by atoms with Crippen molar-refractivity contribution in [3.05, 3.63) is 65.9 Å². The van der Waals surface area contributed by atoms with Gasteiger partial charge < -0.3 is 15.2 Å². The number of aromatic nitrogens is 1. The summed E-state index contributed by atoms with van der Waals surface area (Å²) >= 11 is 0. The zero-order valence-corrected chi connectivity index (χ0v) is 14.5. The summed E-state index contributed by atoms with van der Waals surface area (Å²) < 4.78 is 0. The Morgan fingerprint density at radius 3 is 2.48 bits per heavy atom. The van der Waals surface area contributed by atoms with Crippen LogP contribution in [0.2, 0.25) is 0 Å². The normalized spacial score (nSPS) is 10.5. The third kappa shape index (κ3) is 4.27. The van der Waals surface area contributed by atoms with Gasteiger partial charge in [0.05, 0.1) is 0 Å². The van der Waals surface area contributed by atoms with Gasteiger partial charge in [0.25, 0.3) is 0 Å². The average molecular weight is 330 g/mol. The predicted molar refractivity (Wildman–Crippen MR) is 102 cm³/mol. The van der Waals surface area contributed by atoms with Crippen LogP contribution in [0.15, 0.2) is 54.7 Å². The second-order valence-electron chi connectivity index (χ2n) is 5.85. The molecule has 0 bridgehead atoms. The van der Waals surface area contributed by atoms with Crippen LogP contribution in [0.5, 0.6) is 0 Å². The molecule has 0 radical (unpaired) electrons. The fourth-order valence-corrected chi connectivity index (χ4v) is 2.71. The number of hydrogen-bond acceptors (Lipinski definition) is 2. The maximum absolute atomic E-state index is 3.53. The number of halogens is 1. The van der Waals surface area contributed by atoms with Crippen LogP contribution in [0.1, 0.15) is 11.1 Å². The fourth-order valence-electron chi connectivity index (χ4n) is 2.71. The molecule has 0 fully saturated rings. The van der Waals surface area contributed by atoms with Crippen LogP contribution in [0.3, 0.4) is 0 Å². The van der Waals surface area contributed by atoms with Gasteiger partial charge in [0.2, 0.25) is 0 Å². The monoisotopic (exact) mass is 329 g/mol. The first-order valence-corrected chi connectivity index (χ1v) is 7.76. The van der Waals surface area contributed by atoms with Gasteiger partial charge in [0.15, 0.2) is 0 Å². The Morgan fingerprint density at radius 2 is 1.74 bits per heavy atom. The highest BCUT2D eigenvalue weighted by Gasteiger charge is 2.02. The van der Waals surface area contributed by atoms with E-state index >= 15 is 0 Å². The molecule has 1 aromatic heterocycles. The van der Waals surface area contributed by atoms with E-state index in [-0.39, 0.29) is 12.4 Å². The first-order chi connectivity index (χ1) is 10.7. The van der Waals surface area contributed by atoms with Crippen molar-refractivity contribution >= 4 is 29.0 Å². The Hall–Kier alpha value is -1.97. The highest BCUT2D eigenvalue weighted by atomic mass is 35.5. The number of benzene rings is 2. The van der Waals surface area contributed by atoms with E-state index in [2.05, 4.69) is 84.0 Å². The van der Waals surface area contributed by atoms with Crippen molar-refractivity contribution < 1.29 is 0 Å². The molecule has 122 valence electrons. The summed E-state index contributed by atoms with van der Waals surface area (Å²) in [4.78, 5) is 5.45. The third-order valence-corrected chi connectivity index (χ3v) is 4.03. The lowest BCUT2D eigenvalue weighted by Gasteiger charge is -2.12. The molecule has 0 atom stereocenters. The van der Waals surface area contributed by atoms with E-state index in [1.165, 1.54) is 27.7 Å². The maximum atomic E-state index is 3.53. The first kappa shape index (κ1) is 17.4. The third-order valence-electron chi connectivity index (χ3n) is 4.03. The molecular weight excluding hydrogens is 306 g/mol. The second kappa shape index (κ2) is 8.04. The van der Waals surface area contributed by atoms with E-state index < -0.39 is 0 Å². The zero-order valence-electron chi connectivity index (χ0n) is 13.7. The molecular formula is C19H24ClN3. The van der Waals surface area contributed by atoms with Gasteiger partial charge in [-0.2, -0.15) is 0 Å². The van der Waals surface area contributed by atoms with Gasteiger partial charge in [-0.1, -0.05) is 30.3 Å². The second-order valence-corrected chi connectivity index (χ2v) is 5.85. The van der Waals surface area contributed by atoms with Gasteiger partial charge in [-0.25, -0.2) is 0 Å². The largest absolute Gasteiger partial charge is 0.378 e. The van der Waals surface area contributed by atoms with Crippen molar-refractivity contribution in [1.29, 1.82) is 0 Å². The predicted octanol–water partition coefficient (Wildman–Crippen LogP) is 3.99. The SMILES string of the molecule is CN(C)c1ccc(CNCCc2c[nH]c3ccccc23)cc1.Cl. The standard InChI is InChI=1S/C19H23N3.ClH/c1-22(2)17-9-7-15(8-10-17)13-20-12-11-16-14-21-19-6-4-3-5-18(16)19;/h3-10,14,20-21H,11-13H2,1-2H3;1H. The van der Waals surface area contributed by atoms with Gasteiger partial charge in [0.1, 0.15) is 0 Å². The molecule has 2 aromatic carbocycles. The van der Waals surface area contributed by atoms with E-state index in [1.54, 1.807) is 0 Å². The van der Waals surface area contributed by atoms with Crippen LogP contribution in [0, 0.1) is 0 Å². The van der Waals surface area contributed by atoms with Crippen LogP contribution < -0.4 is 10.2 Å². The quantitative estimate of drug-likeness (QED) is 0.670. The summed E-state index contributed by atoms with van der Waals surface area (Å²) in [5.41, 5.74) is 5.16. The molecule has 23 heavy (non-hydrogen) atoms. The van der Waals surface area contributed by atoms with E-state index in [4.69, 9.17) is 0 Å². The maximum Gasteiger partial charge on any atom is 0.0456 e. The smallest absolute Gasteiger partial charge is 0.0456 e. The summed E-state index contributed by atoms with van der Waals surface area (Å²) in [7, 11) is 4.13. The fraction of sp³-hybridized carbons (Fsp3) is 0.263. The van der Waals surface area contributed by atoms with Crippen LogP contribution in [0.25, 0.3) is 10.9 Å². The van der Waals surface area contributed by atoms with E-state index in [0.717, 1.165) is 19.5 Å². The van der Waals surface area contributed by atoms with Crippen LogP contribution in [-0.2, 0) is 13.0 Å². The number of rotatable bonds is 6. The average Bonchev–Trinajstić information content (AvgIpc) is 2.95. The minimum Gasteiger partial charge on any atom is -0.378 e. The van der Waals surface area contributed by atoms with E-state index in [0.29, 0.717) is 0 Å². The Kier molecular flexibility index (Phi) is 6.08. The van der Waals surface area contributed by atoms with Crippen LogP contribution >= 0.6 is 12.4 Å². The lowest BCUT2D eigenvalue weighted by atomic mass is 10.1. The van der Waals surface area contributed by atoms with Crippen molar-refractivity contribution in [3.63, 3.8) is 0 Å². The van der Waals surface area contributed by atoms with Gasteiger partial charge in [-0.3, -0.25) is 0 Å². The molecule has 1 heterocycles. The lowest BCUT2D eigenvalue weighted by molar-refractivity contribution is 0.688. The van der Waals surface area contributed by atoms with Crippen molar-refractivity contribution in [2.45, 2.75) is 13.0 Å². The molecule has 3 aromatic rings. The molecule has 3 nitrogen and oxygen atoms in total. The number of aromatic amines is 1. The minimum atomic E-state index is 0. The molecule has 2 N–H and O–H groups in total. The number of para-hydroxylation sites is 1. The van der Waals surface area contributed by atoms with Crippen molar-refractivity contribution in [3.8, 4) is 0 Å². The molecule has 0 saturated carbocycles. The van der Waals surface area contributed by atoms with Gasteiger partial charge in [-0.05, 0) is 42.3 Å². The minimum absolute atomic E-state index is 0.